The maximum atomic E-state index is 13.1. The third kappa shape index (κ3) is 2.85. The van der Waals surface area contributed by atoms with Crippen molar-refractivity contribution in [3.63, 3.8) is 0 Å². The monoisotopic (exact) mass is 392 g/mol. The number of nitrogens with zero attached hydrogens (tertiary/aromatic N) is 6. The van der Waals surface area contributed by atoms with Crippen molar-refractivity contribution in [3.05, 3.63) is 57.2 Å². The van der Waals surface area contributed by atoms with Crippen LogP contribution in [0.15, 0.2) is 23.1 Å². The molecule has 1 saturated heterocycles. The zero-order valence-corrected chi connectivity index (χ0v) is 16.9. The highest BCUT2D eigenvalue weighted by molar-refractivity contribution is 5.78. The number of carbonyl (C=O) groups is 1. The van der Waals surface area contributed by atoms with Crippen LogP contribution in [-0.2, 0) is 17.8 Å². The number of rotatable bonds is 3. The van der Waals surface area contributed by atoms with Gasteiger partial charge < -0.3 is 4.90 Å². The number of aromatic nitrogens is 5. The number of hydrogen-bond acceptors (Lipinski definition) is 5. The lowest BCUT2D eigenvalue weighted by Gasteiger charge is -2.36. The Morgan fingerprint density at radius 2 is 2.00 bits per heavy atom. The first kappa shape index (κ1) is 18.0. The summed E-state index contributed by atoms with van der Waals surface area (Å²) in [5, 5.41) is 4.60. The minimum Gasteiger partial charge on any atom is -0.332 e. The fraction of sp³-hybridized carbons (Fsp3) is 0.476. The van der Waals surface area contributed by atoms with Crippen molar-refractivity contribution in [2.45, 2.75) is 65.1 Å². The van der Waals surface area contributed by atoms with Crippen LogP contribution in [0.4, 0.5) is 0 Å². The van der Waals surface area contributed by atoms with E-state index in [0.717, 1.165) is 41.9 Å². The van der Waals surface area contributed by atoms with Crippen LogP contribution >= 0.6 is 0 Å². The van der Waals surface area contributed by atoms with Crippen LogP contribution in [0.25, 0.3) is 5.65 Å². The Labute approximate surface area is 168 Å². The Morgan fingerprint density at radius 3 is 2.79 bits per heavy atom. The van der Waals surface area contributed by atoms with Gasteiger partial charge in [0.25, 0.3) is 0 Å². The van der Waals surface area contributed by atoms with Gasteiger partial charge in [-0.25, -0.2) is 14.3 Å². The Balaban J connectivity index is 1.41. The molecule has 2 atom stereocenters. The SMILES string of the molecule is Cc1cc(C)n(CCC(=O)N2[C@@H]3CC[C@@H]2c2cnc4cc(C)nn4c2C3)c(=O)n1. The number of carbonyl (C=O) groups excluding carboxylic acids is 1. The molecule has 5 heterocycles. The predicted octanol–water partition coefficient (Wildman–Crippen LogP) is 1.89. The van der Waals surface area contributed by atoms with Crippen molar-refractivity contribution in [2.24, 2.45) is 0 Å². The zero-order chi connectivity index (χ0) is 20.3. The van der Waals surface area contributed by atoms with E-state index in [-0.39, 0.29) is 23.7 Å². The molecule has 3 aromatic heterocycles. The molecule has 3 aromatic rings. The Kier molecular flexibility index (Phi) is 4.04. The highest BCUT2D eigenvalue weighted by Gasteiger charge is 2.43. The molecule has 0 unspecified atom stereocenters. The van der Waals surface area contributed by atoms with E-state index in [0.29, 0.717) is 18.7 Å². The smallest absolute Gasteiger partial charge is 0.332 e. The van der Waals surface area contributed by atoms with Gasteiger partial charge in [-0.05, 0) is 39.7 Å². The van der Waals surface area contributed by atoms with Gasteiger partial charge in [0, 0.05) is 54.6 Å². The molecule has 0 aromatic carbocycles. The highest BCUT2D eigenvalue weighted by Crippen LogP contribution is 2.43. The first-order valence-electron chi connectivity index (χ1n) is 10.1. The molecule has 0 saturated carbocycles. The van der Waals surface area contributed by atoms with Gasteiger partial charge in [-0.3, -0.25) is 9.36 Å². The standard InChI is InChI=1S/C21H24N6O2/c1-12-8-14(3)25(21(29)23-12)7-6-20(28)26-15-4-5-17(26)16-11-22-19-9-13(2)24-27(19)18(16)10-15/h8-9,11,15,17H,4-7,10H2,1-3H3/t15-,17-/m1/s1. The lowest BCUT2D eigenvalue weighted by molar-refractivity contribution is -0.135. The molecule has 150 valence electrons. The molecule has 29 heavy (non-hydrogen) atoms. The van der Waals surface area contributed by atoms with Crippen LogP contribution in [0, 0.1) is 20.8 Å². The zero-order valence-electron chi connectivity index (χ0n) is 16.9. The van der Waals surface area contributed by atoms with Crippen molar-refractivity contribution in [3.8, 4) is 0 Å². The first-order chi connectivity index (χ1) is 13.9. The van der Waals surface area contributed by atoms with Gasteiger partial charge >= 0.3 is 5.69 Å². The van der Waals surface area contributed by atoms with Crippen LogP contribution in [0.5, 0.6) is 0 Å². The quantitative estimate of drug-likeness (QED) is 0.680. The topological polar surface area (TPSA) is 85.4 Å². The summed E-state index contributed by atoms with van der Waals surface area (Å²) in [4.78, 5) is 35.9. The van der Waals surface area contributed by atoms with Gasteiger partial charge in [0.05, 0.1) is 17.4 Å². The summed E-state index contributed by atoms with van der Waals surface area (Å²) in [6.07, 6.45) is 4.93. The molecule has 1 fully saturated rings. The minimum atomic E-state index is -0.289. The third-order valence-electron chi connectivity index (χ3n) is 6.21. The van der Waals surface area contributed by atoms with Crippen molar-refractivity contribution in [2.75, 3.05) is 0 Å². The fourth-order valence-corrected chi connectivity index (χ4v) is 4.96. The number of amides is 1. The normalized spacial score (nSPS) is 20.3. The molecule has 2 aliphatic rings. The van der Waals surface area contributed by atoms with Gasteiger partial charge in [0.2, 0.25) is 5.91 Å². The predicted molar refractivity (Wildman–Crippen MR) is 107 cm³/mol. The first-order valence-corrected chi connectivity index (χ1v) is 10.1. The second-order valence-electron chi connectivity index (χ2n) is 8.19. The van der Waals surface area contributed by atoms with Crippen LogP contribution in [0.1, 0.15) is 53.6 Å². The van der Waals surface area contributed by atoms with Crippen LogP contribution in [0.2, 0.25) is 0 Å². The second-order valence-corrected chi connectivity index (χ2v) is 8.19. The third-order valence-corrected chi connectivity index (χ3v) is 6.21. The van der Waals surface area contributed by atoms with Crippen LogP contribution in [0.3, 0.4) is 0 Å². The van der Waals surface area contributed by atoms with E-state index in [1.54, 1.807) is 11.5 Å². The number of fused-ring (bicyclic) bond motifs is 6. The number of aryl methyl sites for hydroxylation is 3. The molecule has 0 spiro atoms. The lowest BCUT2D eigenvalue weighted by Crippen LogP contribution is -2.43. The lowest BCUT2D eigenvalue weighted by atomic mass is 9.98. The molecule has 0 radical (unpaired) electrons. The summed E-state index contributed by atoms with van der Waals surface area (Å²) in [6, 6.07) is 4.08. The van der Waals surface area contributed by atoms with Crippen molar-refractivity contribution < 1.29 is 4.79 Å². The van der Waals surface area contributed by atoms with E-state index in [9.17, 15) is 9.59 Å². The van der Waals surface area contributed by atoms with Gasteiger partial charge in [-0.15, -0.1) is 0 Å². The maximum absolute atomic E-state index is 13.1. The summed E-state index contributed by atoms with van der Waals surface area (Å²) in [5.74, 6) is 0.0896. The van der Waals surface area contributed by atoms with E-state index < -0.39 is 0 Å². The maximum Gasteiger partial charge on any atom is 0.347 e. The molecule has 5 rings (SSSR count). The number of hydrogen-bond donors (Lipinski definition) is 0. The summed E-state index contributed by atoms with van der Waals surface area (Å²) < 4.78 is 3.53. The van der Waals surface area contributed by atoms with Crippen LogP contribution in [-0.4, -0.2) is 41.0 Å². The Morgan fingerprint density at radius 1 is 1.17 bits per heavy atom. The van der Waals surface area contributed by atoms with Gasteiger partial charge in [-0.1, -0.05) is 0 Å². The molecule has 2 aliphatic heterocycles. The Hall–Kier alpha value is -3.03. The second kappa shape index (κ2) is 6.50. The summed E-state index contributed by atoms with van der Waals surface area (Å²) in [6.45, 7) is 6.01. The van der Waals surface area contributed by atoms with E-state index in [4.69, 9.17) is 0 Å². The van der Waals surface area contributed by atoms with Crippen LogP contribution < -0.4 is 5.69 Å². The minimum absolute atomic E-state index is 0.0478. The van der Waals surface area contributed by atoms with Gasteiger partial charge in [-0.2, -0.15) is 10.1 Å². The molecule has 0 aliphatic carbocycles. The van der Waals surface area contributed by atoms with E-state index in [1.165, 1.54) is 5.69 Å². The summed E-state index contributed by atoms with van der Waals surface area (Å²) in [5.41, 5.74) is 5.34. The molecular formula is C21H24N6O2. The molecule has 8 nitrogen and oxygen atoms in total. The average Bonchev–Trinajstić information content (AvgIpc) is 3.19. The average molecular weight is 392 g/mol. The van der Waals surface area contributed by atoms with Crippen molar-refractivity contribution in [1.82, 2.24) is 29.0 Å². The van der Waals surface area contributed by atoms with Crippen molar-refractivity contribution in [1.29, 1.82) is 0 Å². The van der Waals surface area contributed by atoms with E-state index in [1.807, 2.05) is 41.6 Å². The largest absolute Gasteiger partial charge is 0.347 e. The molecule has 1 amide bonds. The van der Waals surface area contributed by atoms with E-state index >= 15 is 0 Å². The van der Waals surface area contributed by atoms with Crippen molar-refractivity contribution >= 4 is 11.6 Å². The molecule has 8 heteroatoms. The van der Waals surface area contributed by atoms with Gasteiger partial charge in [0.1, 0.15) is 0 Å². The summed E-state index contributed by atoms with van der Waals surface area (Å²) >= 11 is 0. The van der Waals surface area contributed by atoms with E-state index in [2.05, 4.69) is 15.1 Å². The highest BCUT2D eigenvalue weighted by atomic mass is 16.2. The Bertz CT molecular complexity index is 1190. The van der Waals surface area contributed by atoms with Gasteiger partial charge in [0.15, 0.2) is 5.65 Å². The molecular weight excluding hydrogens is 368 g/mol. The molecule has 0 N–H and O–H groups in total. The summed E-state index contributed by atoms with van der Waals surface area (Å²) in [7, 11) is 0. The molecule has 2 bridgehead atoms. The fourth-order valence-electron chi connectivity index (χ4n) is 4.96.